The molecule has 0 aliphatic carbocycles. The molecule has 138 valence electrons. The van der Waals surface area contributed by atoms with Crippen LogP contribution in [0.4, 0.5) is 13.2 Å². The Labute approximate surface area is 151 Å². The number of imidazole rings is 1. The average Bonchev–Trinajstić information content (AvgIpc) is 3.25. The number of benzene rings is 1. The summed E-state index contributed by atoms with van der Waals surface area (Å²) in [4.78, 5) is 12.0. The smallest absolute Gasteiger partial charge is 0.453 e. The first-order valence-electron chi connectivity index (χ1n) is 7.89. The van der Waals surface area contributed by atoms with Crippen LogP contribution >= 0.6 is 0 Å². The van der Waals surface area contributed by atoms with Gasteiger partial charge in [-0.3, -0.25) is 4.40 Å². The third-order valence-electron chi connectivity index (χ3n) is 3.88. The first-order valence-corrected chi connectivity index (χ1v) is 7.89. The van der Waals surface area contributed by atoms with E-state index in [-0.39, 0.29) is 18.1 Å². The lowest BCUT2D eigenvalue weighted by molar-refractivity contribution is -0.144. The highest BCUT2D eigenvalue weighted by molar-refractivity contribution is 5.53. The van der Waals surface area contributed by atoms with Gasteiger partial charge in [-0.05, 0) is 23.8 Å². The van der Waals surface area contributed by atoms with Gasteiger partial charge in [-0.1, -0.05) is 12.1 Å². The second-order valence-corrected chi connectivity index (χ2v) is 5.72. The van der Waals surface area contributed by atoms with Gasteiger partial charge in [0.1, 0.15) is 11.4 Å². The third-order valence-corrected chi connectivity index (χ3v) is 3.88. The van der Waals surface area contributed by atoms with E-state index >= 15 is 0 Å². The minimum atomic E-state index is -4.66. The molecule has 7 nitrogen and oxygen atoms in total. The van der Waals surface area contributed by atoms with E-state index in [1.807, 2.05) is 0 Å². The number of rotatable bonds is 4. The fourth-order valence-electron chi connectivity index (χ4n) is 2.60. The monoisotopic (exact) mass is 374 g/mol. The number of fused-ring (bicyclic) bond motifs is 1. The number of ether oxygens (including phenoxy) is 1. The first kappa shape index (κ1) is 17.0. The summed E-state index contributed by atoms with van der Waals surface area (Å²) in [5.41, 5.74) is 1.00. The van der Waals surface area contributed by atoms with Crippen molar-refractivity contribution in [2.75, 3.05) is 7.11 Å². The highest BCUT2D eigenvalue weighted by atomic mass is 19.4. The fraction of sp³-hybridized carbons (Fsp3) is 0.176. The predicted molar refractivity (Wildman–Crippen MR) is 89.1 cm³/mol. The Hall–Kier alpha value is -3.43. The Balaban J connectivity index is 1.78. The van der Waals surface area contributed by atoms with Gasteiger partial charge in [0.05, 0.1) is 13.7 Å². The molecule has 27 heavy (non-hydrogen) atoms. The van der Waals surface area contributed by atoms with Crippen molar-refractivity contribution in [2.24, 2.45) is 0 Å². The molecule has 0 radical (unpaired) electrons. The summed E-state index contributed by atoms with van der Waals surface area (Å²) in [5.74, 6) is -0.181. The standard InChI is InChI=1S/C17H13F3N6O/c1-27-12-5-3-11(4-6-12)9-26-14(23-15(24-26)17(18,19)20)13-10-25-8-2-7-21-16(25)22-13/h2-8,10H,9H2,1H3. The summed E-state index contributed by atoms with van der Waals surface area (Å²) < 4.78 is 47.3. The van der Waals surface area contributed by atoms with Crippen molar-refractivity contribution in [3.8, 4) is 17.3 Å². The van der Waals surface area contributed by atoms with Crippen LogP contribution in [0.2, 0.25) is 0 Å². The number of hydrogen-bond acceptors (Lipinski definition) is 5. The second kappa shape index (κ2) is 6.38. The molecule has 1 aromatic carbocycles. The number of alkyl halides is 3. The Morgan fingerprint density at radius 1 is 1.11 bits per heavy atom. The number of nitrogens with zero attached hydrogens (tertiary/aromatic N) is 6. The highest BCUT2D eigenvalue weighted by Gasteiger charge is 2.37. The van der Waals surface area contributed by atoms with Gasteiger partial charge >= 0.3 is 6.18 Å². The van der Waals surface area contributed by atoms with Crippen molar-refractivity contribution in [1.82, 2.24) is 29.1 Å². The molecule has 4 rings (SSSR count). The highest BCUT2D eigenvalue weighted by Crippen LogP contribution is 2.29. The van der Waals surface area contributed by atoms with Gasteiger partial charge in [0.25, 0.3) is 5.82 Å². The second-order valence-electron chi connectivity index (χ2n) is 5.72. The van der Waals surface area contributed by atoms with Crippen LogP contribution < -0.4 is 4.74 Å². The molecular weight excluding hydrogens is 361 g/mol. The molecule has 0 saturated carbocycles. The molecular formula is C17H13F3N6O. The molecule has 0 aliphatic heterocycles. The zero-order valence-electron chi connectivity index (χ0n) is 14.1. The van der Waals surface area contributed by atoms with Crippen molar-refractivity contribution >= 4 is 5.78 Å². The van der Waals surface area contributed by atoms with Crippen molar-refractivity contribution < 1.29 is 17.9 Å². The Kier molecular flexibility index (Phi) is 4.02. The average molecular weight is 374 g/mol. The largest absolute Gasteiger partial charge is 0.497 e. The van der Waals surface area contributed by atoms with Crippen LogP contribution in [0.5, 0.6) is 5.75 Å². The van der Waals surface area contributed by atoms with E-state index in [1.165, 1.54) is 11.8 Å². The molecule has 10 heteroatoms. The van der Waals surface area contributed by atoms with Crippen molar-refractivity contribution in [1.29, 1.82) is 0 Å². The molecule has 3 heterocycles. The van der Waals surface area contributed by atoms with Gasteiger partial charge in [-0.2, -0.15) is 13.2 Å². The van der Waals surface area contributed by atoms with E-state index in [4.69, 9.17) is 4.74 Å². The van der Waals surface area contributed by atoms with Crippen molar-refractivity contribution in [2.45, 2.75) is 12.7 Å². The molecule has 0 amide bonds. The third kappa shape index (κ3) is 3.33. The van der Waals surface area contributed by atoms with E-state index in [1.54, 1.807) is 53.3 Å². The van der Waals surface area contributed by atoms with Gasteiger partial charge in [0.15, 0.2) is 5.82 Å². The molecule has 0 aliphatic rings. The normalized spacial score (nSPS) is 11.9. The lowest BCUT2D eigenvalue weighted by Gasteiger charge is -2.06. The Morgan fingerprint density at radius 3 is 2.56 bits per heavy atom. The summed E-state index contributed by atoms with van der Waals surface area (Å²) in [6.07, 6.45) is 0.164. The van der Waals surface area contributed by atoms with Crippen molar-refractivity contribution in [3.05, 3.63) is 60.3 Å². The number of aromatic nitrogens is 6. The van der Waals surface area contributed by atoms with Crippen LogP contribution in [0.1, 0.15) is 11.4 Å². The molecule has 4 aromatic rings. The van der Waals surface area contributed by atoms with Gasteiger partial charge in [-0.15, -0.1) is 5.10 Å². The topological polar surface area (TPSA) is 70.1 Å². The molecule has 0 spiro atoms. The summed E-state index contributed by atoms with van der Waals surface area (Å²) >= 11 is 0. The molecule has 0 atom stereocenters. The van der Waals surface area contributed by atoms with Crippen LogP contribution in [-0.4, -0.2) is 36.2 Å². The van der Waals surface area contributed by atoms with Gasteiger partial charge in [-0.25, -0.2) is 19.6 Å². The quantitative estimate of drug-likeness (QED) is 0.549. The van der Waals surface area contributed by atoms with E-state index in [9.17, 15) is 13.2 Å². The zero-order valence-corrected chi connectivity index (χ0v) is 14.1. The molecule has 0 fully saturated rings. The van der Waals surface area contributed by atoms with E-state index in [2.05, 4.69) is 20.1 Å². The minimum Gasteiger partial charge on any atom is -0.497 e. The van der Waals surface area contributed by atoms with Gasteiger partial charge < -0.3 is 4.74 Å². The molecule has 0 bridgehead atoms. The van der Waals surface area contributed by atoms with E-state index < -0.39 is 12.0 Å². The molecule has 0 saturated heterocycles. The fourth-order valence-corrected chi connectivity index (χ4v) is 2.60. The Morgan fingerprint density at radius 2 is 1.89 bits per heavy atom. The minimum absolute atomic E-state index is 0.0173. The number of hydrogen-bond donors (Lipinski definition) is 0. The number of halogens is 3. The zero-order chi connectivity index (χ0) is 19.0. The maximum Gasteiger partial charge on any atom is 0.453 e. The lowest BCUT2D eigenvalue weighted by Crippen LogP contribution is -2.09. The SMILES string of the molecule is COc1ccc(Cn2nc(C(F)(F)F)nc2-c2cn3cccnc3n2)cc1. The lowest BCUT2D eigenvalue weighted by atomic mass is 10.2. The van der Waals surface area contributed by atoms with Crippen LogP contribution in [0.3, 0.4) is 0 Å². The van der Waals surface area contributed by atoms with Crippen LogP contribution in [0, 0.1) is 0 Å². The van der Waals surface area contributed by atoms with Crippen LogP contribution in [-0.2, 0) is 12.7 Å². The molecule has 0 unspecified atom stereocenters. The van der Waals surface area contributed by atoms with E-state index in [0.717, 1.165) is 5.56 Å². The summed E-state index contributed by atoms with van der Waals surface area (Å²) in [5, 5.41) is 3.65. The van der Waals surface area contributed by atoms with E-state index in [0.29, 0.717) is 11.5 Å². The molecule has 3 aromatic heterocycles. The number of methoxy groups -OCH3 is 1. The van der Waals surface area contributed by atoms with Gasteiger partial charge in [0, 0.05) is 18.6 Å². The summed E-state index contributed by atoms with van der Waals surface area (Å²) in [6.45, 7) is 0.101. The summed E-state index contributed by atoms with van der Waals surface area (Å²) in [6, 6.07) is 8.66. The maximum absolute atomic E-state index is 13.1. The van der Waals surface area contributed by atoms with Crippen LogP contribution in [0.25, 0.3) is 17.3 Å². The summed E-state index contributed by atoms with van der Waals surface area (Å²) in [7, 11) is 1.54. The first-order chi connectivity index (χ1) is 12.9. The maximum atomic E-state index is 13.1. The van der Waals surface area contributed by atoms with Gasteiger partial charge in [0.2, 0.25) is 5.78 Å². The Bertz CT molecular complexity index is 1050. The predicted octanol–water partition coefficient (Wildman–Crippen LogP) is 3.06. The van der Waals surface area contributed by atoms with Crippen molar-refractivity contribution in [3.63, 3.8) is 0 Å². The van der Waals surface area contributed by atoms with Crippen LogP contribution in [0.15, 0.2) is 48.9 Å². The molecule has 0 N–H and O–H groups in total.